The number of carbonyl (C=O) groups is 2. The molecule has 1 aromatic rings. The maximum absolute atomic E-state index is 11.5. The molecule has 1 heterocycles. The highest BCUT2D eigenvalue weighted by Gasteiger charge is 2.07. The van der Waals surface area contributed by atoms with Crippen LogP contribution in [0.25, 0.3) is 0 Å². The highest BCUT2D eigenvalue weighted by molar-refractivity contribution is 5.75. The van der Waals surface area contributed by atoms with Crippen molar-refractivity contribution >= 4 is 11.9 Å². The SMILES string of the molecule is CC(CCNC(=O)Cn1cccn1)CCC(=O)O. The van der Waals surface area contributed by atoms with Crippen molar-refractivity contribution in [3.8, 4) is 0 Å². The Hall–Kier alpha value is -1.85. The van der Waals surface area contributed by atoms with E-state index >= 15 is 0 Å². The number of hydrogen-bond acceptors (Lipinski definition) is 3. The molecule has 1 rings (SSSR count). The molecule has 0 aliphatic rings. The van der Waals surface area contributed by atoms with E-state index in [-0.39, 0.29) is 18.9 Å². The number of rotatable bonds is 8. The van der Waals surface area contributed by atoms with Crippen LogP contribution in [0.1, 0.15) is 26.2 Å². The van der Waals surface area contributed by atoms with E-state index < -0.39 is 5.97 Å². The third-order valence-electron chi connectivity index (χ3n) is 2.68. The summed E-state index contributed by atoms with van der Waals surface area (Å²) in [6.07, 6.45) is 4.97. The van der Waals surface area contributed by atoms with Crippen molar-refractivity contribution in [1.82, 2.24) is 15.1 Å². The molecule has 0 aliphatic heterocycles. The predicted molar refractivity (Wildman–Crippen MR) is 65.9 cm³/mol. The summed E-state index contributed by atoms with van der Waals surface area (Å²) in [6.45, 7) is 2.78. The molecule has 0 saturated carbocycles. The Bertz CT molecular complexity index is 376. The zero-order valence-corrected chi connectivity index (χ0v) is 10.5. The Morgan fingerprint density at radius 1 is 1.44 bits per heavy atom. The number of aliphatic carboxylic acids is 1. The molecule has 6 nitrogen and oxygen atoms in total. The van der Waals surface area contributed by atoms with Crippen molar-refractivity contribution in [3.05, 3.63) is 18.5 Å². The van der Waals surface area contributed by atoms with Crippen molar-refractivity contribution in [2.75, 3.05) is 6.54 Å². The zero-order chi connectivity index (χ0) is 13.4. The number of nitrogens with one attached hydrogen (secondary N) is 1. The Morgan fingerprint density at radius 2 is 2.22 bits per heavy atom. The Kier molecular flexibility index (Phi) is 5.90. The Morgan fingerprint density at radius 3 is 2.83 bits per heavy atom. The van der Waals surface area contributed by atoms with E-state index in [0.29, 0.717) is 18.9 Å². The van der Waals surface area contributed by atoms with E-state index in [1.165, 1.54) is 0 Å². The standard InChI is InChI=1S/C12H19N3O3/c1-10(3-4-12(17)18)5-7-13-11(16)9-15-8-2-6-14-15/h2,6,8,10H,3-5,7,9H2,1H3,(H,13,16)(H,17,18). The van der Waals surface area contributed by atoms with Gasteiger partial charge in [-0.1, -0.05) is 6.92 Å². The van der Waals surface area contributed by atoms with Crippen LogP contribution in [0.4, 0.5) is 0 Å². The quantitative estimate of drug-likeness (QED) is 0.720. The van der Waals surface area contributed by atoms with Crippen molar-refractivity contribution < 1.29 is 14.7 Å². The molecular weight excluding hydrogens is 234 g/mol. The summed E-state index contributed by atoms with van der Waals surface area (Å²) in [5.41, 5.74) is 0. The average Bonchev–Trinajstić information content (AvgIpc) is 2.79. The zero-order valence-electron chi connectivity index (χ0n) is 10.5. The van der Waals surface area contributed by atoms with E-state index in [0.717, 1.165) is 6.42 Å². The molecule has 0 aliphatic carbocycles. The van der Waals surface area contributed by atoms with E-state index in [1.807, 2.05) is 6.92 Å². The molecule has 2 N–H and O–H groups in total. The fraction of sp³-hybridized carbons (Fsp3) is 0.583. The first-order valence-electron chi connectivity index (χ1n) is 6.04. The molecule has 1 aromatic heterocycles. The second-order valence-corrected chi connectivity index (χ2v) is 4.38. The number of carboxylic acids is 1. The highest BCUT2D eigenvalue weighted by Crippen LogP contribution is 2.08. The largest absolute Gasteiger partial charge is 0.481 e. The van der Waals surface area contributed by atoms with Gasteiger partial charge >= 0.3 is 5.97 Å². The lowest BCUT2D eigenvalue weighted by Gasteiger charge is -2.10. The predicted octanol–water partition coefficient (Wildman–Crippen LogP) is 0.890. The molecule has 0 radical (unpaired) electrons. The fourth-order valence-corrected chi connectivity index (χ4v) is 1.57. The second kappa shape index (κ2) is 7.47. The van der Waals surface area contributed by atoms with Crippen LogP contribution in [0.5, 0.6) is 0 Å². The van der Waals surface area contributed by atoms with Gasteiger partial charge < -0.3 is 10.4 Å². The third-order valence-corrected chi connectivity index (χ3v) is 2.68. The molecule has 0 fully saturated rings. The minimum absolute atomic E-state index is 0.0795. The third kappa shape index (κ3) is 6.03. The Labute approximate surface area is 106 Å². The van der Waals surface area contributed by atoms with Gasteiger partial charge in [0.25, 0.3) is 0 Å². The summed E-state index contributed by atoms with van der Waals surface area (Å²) in [5, 5.41) is 15.3. The normalized spacial score (nSPS) is 12.1. The van der Waals surface area contributed by atoms with E-state index in [2.05, 4.69) is 10.4 Å². The molecule has 18 heavy (non-hydrogen) atoms. The smallest absolute Gasteiger partial charge is 0.303 e. The molecule has 1 unspecified atom stereocenters. The molecule has 0 bridgehead atoms. The first kappa shape index (κ1) is 14.2. The van der Waals surface area contributed by atoms with Gasteiger partial charge in [-0.25, -0.2) is 0 Å². The first-order valence-corrected chi connectivity index (χ1v) is 6.04. The second-order valence-electron chi connectivity index (χ2n) is 4.38. The topological polar surface area (TPSA) is 84.2 Å². The van der Waals surface area contributed by atoms with E-state index in [4.69, 9.17) is 5.11 Å². The highest BCUT2D eigenvalue weighted by atomic mass is 16.4. The van der Waals surface area contributed by atoms with Crippen molar-refractivity contribution in [2.45, 2.75) is 32.7 Å². The lowest BCUT2D eigenvalue weighted by Crippen LogP contribution is -2.29. The van der Waals surface area contributed by atoms with Crippen LogP contribution in [0.3, 0.4) is 0 Å². The summed E-state index contributed by atoms with van der Waals surface area (Å²) >= 11 is 0. The maximum Gasteiger partial charge on any atom is 0.303 e. The molecule has 1 atom stereocenters. The number of carbonyl (C=O) groups excluding carboxylic acids is 1. The molecule has 0 saturated heterocycles. The maximum atomic E-state index is 11.5. The van der Waals surface area contributed by atoms with Crippen LogP contribution < -0.4 is 5.32 Å². The number of nitrogens with zero attached hydrogens (tertiary/aromatic N) is 2. The lowest BCUT2D eigenvalue weighted by molar-refractivity contribution is -0.137. The van der Waals surface area contributed by atoms with Gasteiger partial charge in [-0.2, -0.15) is 5.10 Å². The van der Waals surface area contributed by atoms with Gasteiger partial charge in [-0.15, -0.1) is 0 Å². The minimum Gasteiger partial charge on any atom is -0.481 e. The van der Waals surface area contributed by atoms with Crippen molar-refractivity contribution in [3.63, 3.8) is 0 Å². The summed E-state index contributed by atoms with van der Waals surface area (Å²) in [5.74, 6) is -0.556. The summed E-state index contributed by atoms with van der Waals surface area (Å²) < 4.78 is 1.56. The van der Waals surface area contributed by atoms with Gasteiger partial charge in [0.1, 0.15) is 6.54 Å². The van der Waals surface area contributed by atoms with Crippen LogP contribution in [0.15, 0.2) is 18.5 Å². The molecule has 6 heteroatoms. The van der Waals surface area contributed by atoms with Crippen LogP contribution in [0, 0.1) is 5.92 Å². The number of amides is 1. The number of hydrogen-bond donors (Lipinski definition) is 2. The van der Waals surface area contributed by atoms with Crippen LogP contribution in [-0.4, -0.2) is 33.3 Å². The molecule has 0 aromatic carbocycles. The fourth-order valence-electron chi connectivity index (χ4n) is 1.57. The van der Waals surface area contributed by atoms with Gasteiger partial charge in [-0.05, 0) is 24.8 Å². The Balaban J connectivity index is 2.09. The van der Waals surface area contributed by atoms with Gasteiger partial charge in [0.05, 0.1) is 0 Å². The van der Waals surface area contributed by atoms with E-state index in [1.54, 1.807) is 23.1 Å². The van der Waals surface area contributed by atoms with Crippen molar-refractivity contribution in [2.24, 2.45) is 5.92 Å². The first-order chi connectivity index (χ1) is 8.58. The summed E-state index contributed by atoms with van der Waals surface area (Å²) in [7, 11) is 0. The van der Waals surface area contributed by atoms with Gasteiger partial charge in [0, 0.05) is 25.4 Å². The lowest BCUT2D eigenvalue weighted by atomic mass is 10.0. The number of aromatic nitrogens is 2. The molecule has 0 spiro atoms. The number of carboxylic acid groups (broad SMARTS) is 1. The van der Waals surface area contributed by atoms with Gasteiger partial charge in [0.2, 0.25) is 5.91 Å². The van der Waals surface area contributed by atoms with Crippen LogP contribution >= 0.6 is 0 Å². The molecule has 1 amide bonds. The molecule has 100 valence electrons. The summed E-state index contributed by atoms with van der Waals surface area (Å²) in [4.78, 5) is 21.9. The minimum atomic E-state index is -0.774. The van der Waals surface area contributed by atoms with Crippen LogP contribution in [0.2, 0.25) is 0 Å². The van der Waals surface area contributed by atoms with Gasteiger partial charge in [-0.3, -0.25) is 14.3 Å². The molecular formula is C12H19N3O3. The van der Waals surface area contributed by atoms with Crippen molar-refractivity contribution in [1.29, 1.82) is 0 Å². The average molecular weight is 253 g/mol. The van der Waals surface area contributed by atoms with Gasteiger partial charge in [0.15, 0.2) is 0 Å². The monoisotopic (exact) mass is 253 g/mol. The van der Waals surface area contributed by atoms with Crippen LogP contribution in [-0.2, 0) is 16.1 Å². The summed E-state index contributed by atoms with van der Waals surface area (Å²) in [6, 6.07) is 1.77. The van der Waals surface area contributed by atoms with E-state index in [9.17, 15) is 9.59 Å².